The lowest BCUT2D eigenvalue weighted by molar-refractivity contribution is -0.139. The zero-order valence-electron chi connectivity index (χ0n) is 13.0. The van der Waals surface area contributed by atoms with E-state index in [2.05, 4.69) is 0 Å². The highest BCUT2D eigenvalue weighted by atomic mass is 16.4. The molecule has 0 bridgehead atoms. The van der Waals surface area contributed by atoms with Crippen LogP contribution in [-0.4, -0.2) is 78.5 Å². The Morgan fingerprint density at radius 3 is 2.48 bits per heavy atom. The van der Waals surface area contributed by atoms with Crippen LogP contribution >= 0.6 is 0 Å². The molecule has 0 aromatic carbocycles. The summed E-state index contributed by atoms with van der Waals surface area (Å²) in [6, 6.07) is -0.0685. The first-order valence-electron chi connectivity index (χ1n) is 7.26. The van der Waals surface area contributed by atoms with E-state index in [0.717, 1.165) is 12.8 Å². The van der Waals surface area contributed by atoms with Crippen molar-refractivity contribution in [2.24, 2.45) is 5.92 Å². The first-order chi connectivity index (χ1) is 9.82. The second-order valence-corrected chi connectivity index (χ2v) is 5.72. The van der Waals surface area contributed by atoms with Gasteiger partial charge in [-0.2, -0.15) is 0 Å². The van der Waals surface area contributed by atoms with Gasteiger partial charge in [0.05, 0.1) is 5.92 Å². The Bertz CT molecular complexity index is 398. The largest absolute Gasteiger partial charge is 0.481 e. The van der Waals surface area contributed by atoms with E-state index >= 15 is 0 Å². The summed E-state index contributed by atoms with van der Waals surface area (Å²) >= 11 is 0. The summed E-state index contributed by atoms with van der Waals surface area (Å²) in [7, 11) is 5.09. The molecular formula is C14H25N3O4. The third-order valence-electron chi connectivity index (χ3n) is 3.68. The van der Waals surface area contributed by atoms with Crippen LogP contribution in [0.2, 0.25) is 0 Å². The van der Waals surface area contributed by atoms with Crippen molar-refractivity contribution in [1.82, 2.24) is 14.7 Å². The van der Waals surface area contributed by atoms with Crippen LogP contribution < -0.4 is 0 Å². The number of carbonyl (C=O) groups excluding carboxylic acids is 2. The minimum atomic E-state index is -0.851. The molecule has 3 amide bonds. The smallest absolute Gasteiger partial charge is 0.319 e. The van der Waals surface area contributed by atoms with E-state index in [0.29, 0.717) is 26.1 Å². The maximum atomic E-state index is 12.3. The SMILES string of the molecule is CN(C)C(=O)N1CCCC(C(=O)N(C)CCCC(=O)O)C1. The Morgan fingerprint density at radius 2 is 1.90 bits per heavy atom. The zero-order chi connectivity index (χ0) is 16.0. The molecule has 0 spiro atoms. The van der Waals surface area contributed by atoms with Crippen molar-refractivity contribution in [3.8, 4) is 0 Å². The lowest BCUT2D eigenvalue weighted by atomic mass is 9.96. The number of carboxylic acids is 1. The van der Waals surface area contributed by atoms with Gasteiger partial charge < -0.3 is 19.8 Å². The zero-order valence-corrected chi connectivity index (χ0v) is 13.0. The molecule has 0 saturated carbocycles. The highest BCUT2D eigenvalue weighted by Gasteiger charge is 2.30. The molecule has 0 radical (unpaired) electrons. The molecule has 0 aromatic heterocycles. The molecule has 120 valence electrons. The number of carboxylic acid groups (broad SMARTS) is 1. The molecule has 1 rings (SSSR count). The van der Waals surface area contributed by atoms with Gasteiger partial charge in [0, 0.05) is 47.2 Å². The van der Waals surface area contributed by atoms with Gasteiger partial charge in [-0.15, -0.1) is 0 Å². The number of hydrogen-bond acceptors (Lipinski definition) is 3. The first-order valence-corrected chi connectivity index (χ1v) is 7.26. The molecule has 1 heterocycles. The van der Waals surface area contributed by atoms with Crippen LogP contribution in [0, 0.1) is 5.92 Å². The number of piperidine rings is 1. The van der Waals surface area contributed by atoms with Gasteiger partial charge in [0.1, 0.15) is 0 Å². The lowest BCUT2D eigenvalue weighted by Crippen LogP contribution is -2.48. The number of urea groups is 1. The molecule has 7 heteroatoms. The Morgan fingerprint density at radius 1 is 1.24 bits per heavy atom. The number of carbonyl (C=O) groups is 3. The Kier molecular flexibility index (Phi) is 6.45. The maximum Gasteiger partial charge on any atom is 0.319 e. The molecule has 0 aliphatic carbocycles. The van der Waals surface area contributed by atoms with Gasteiger partial charge in [-0.3, -0.25) is 9.59 Å². The lowest BCUT2D eigenvalue weighted by Gasteiger charge is -2.35. The van der Waals surface area contributed by atoms with Crippen molar-refractivity contribution in [2.45, 2.75) is 25.7 Å². The summed E-state index contributed by atoms with van der Waals surface area (Å²) in [5.41, 5.74) is 0. The topological polar surface area (TPSA) is 81.2 Å². The molecule has 1 atom stereocenters. The summed E-state index contributed by atoms with van der Waals surface area (Å²) in [5, 5.41) is 8.61. The van der Waals surface area contributed by atoms with Crippen molar-refractivity contribution in [3.63, 3.8) is 0 Å². The molecule has 1 N–H and O–H groups in total. The summed E-state index contributed by atoms with van der Waals surface area (Å²) in [4.78, 5) is 39.6. The van der Waals surface area contributed by atoms with Crippen LogP contribution in [0.15, 0.2) is 0 Å². The monoisotopic (exact) mass is 299 g/mol. The van der Waals surface area contributed by atoms with Crippen molar-refractivity contribution >= 4 is 17.9 Å². The van der Waals surface area contributed by atoms with E-state index in [1.165, 1.54) is 4.90 Å². The van der Waals surface area contributed by atoms with Crippen molar-refractivity contribution in [1.29, 1.82) is 0 Å². The average molecular weight is 299 g/mol. The fourth-order valence-corrected chi connectivity index (χ4v) is 2.52. The summed E-state index contributed by atoms with van der Waals surface area (Å²) in [6.07, 6.45) is 2.11. The van der Waals surface area contributed by atoms with Crippen molar-refractivity contribution in [3.05, 3.63) is 0 Å². The highest BCUT2D eigenvalue weighted by Crippen LogP contribution is 2.19. The molecule has 1 aliphatic heterocycles. The highest BCUT2D eigenvalue weighted by molar-refractivity contribution is 5.80. The van der Waals surface area contributed by atoms with E-state index in [4.69, 9.17) is 5.11 Å². The summed E-state index contributed by atoms with van der Waals surface area (Å²) in [6.45, 7) is 1.56. The van der Waals surface area contributed by atoms with E-state index in [1.807, 2.05) is 0 Å². The van der Waals surface area contributed by atoms with Crippen LogP contribution in [0.5, 0.6) is 0 Å². The summed E-state index contributed by atoms with van der Waals surface area (Å²) in [5.74, 6) is -1.04. The van der Waals surface area contributed by atoms with Gasteiger partial charge in [-0.25, -0.2) is 4.79 Å². The molecule has 21 heavy (non-hydrogen) atoms. The first kappa shape index (κ1) is 17.3. The van der Waals surface area contributed by atoms with Gasteiger partial charge >= 0.3 is 12.0 Å². The minimum absolute atomic E-state index is 0.00311. The van der Waals surface area contributed by atoms with E-state index < -0.39 is 5.97 Å². The van der Waals surface area contributed by atoms with Crippen LogP contribution in [0.1, 0.15) is 25.7 Å². The Labute approximate surface area is 125 Å². The maximum absolute atomic E-state index is 12.3. The third kappa shape index (κ3) is 5.24. The van der Waals surface area contributed by atoms with Crippen molar-refractivity contribution < 1.29 is 19.5 Å². The van der Waals surface area contributed by atoms with E-state index in [9.17, 15) is 14.4 Å². The summed E-state index contributed by atoms with van der Waals surface area (Å²) < 4.78 is 0. The van der Waals surface area contributed by atoms with Gasteiger partial charge in [-0.1, -0.05) is 0 Å². The number of hydrogen-bond donors (Lipinski definition) is 1. The van der Waals surface area contributed by atoms with Gasteiger partial charge in [0.25, 0.3) is 0 Å². The second kappa shape index (κ2) is 7.85. The minimum Gasteiger partial charge on any atom is -0.481 e. The number of aliphatic carboxylic acids is 1. The molecular weight excluding hydrogens is 274 g/mol. The standard InChI is InChI=1S/C14H25N3O4/c1-15(2)14(21)17-9-4-6-11(10-17)13(20)16(3)8-5-7-12(18)19/h11H,4-10H2,1-3H3,(H,18,19). The van der Waals surface area contributed by atoms with Crippen LogP contribution in [0.4, 0.5) is 4.79 Å². The quantitative estimate of drug-likeness (QED) is 0.810. The van der Waals surface area contributed by atoms with E-state index in [-0.39, 0.29) is 24.3 Å². The number of rotatable bonds is 5. The molecule has 7 nitrogen and oxygen atoms in total. The number of nitrogens with zero attached hydrogens (tertiary/aromatic N) is 3. The molecule has 1 saturated heterocycles. The normalized spacial score (nSPS) is 18.2. The van der Waals surface area contributed by atoms with Gasteiger partial charge in [0.2, 0.25) is 5.91 Å². The Hall–Kier alpha value is -1.79. The van der Waals surface area contributed by atoms with Crippen LogP contribution in [0.3, 0.4) is 0 Å². The fraction of sp³-hybridized carbons (Fsp3) is 0.786. The van der Waals surface area contributed by atoms with Crippen LogP contribution in [0.25, 0.3) is 0 Å². The number of likely N-dealkylation sites (tertiary alicyclic amines) is 1. The molecule has 1 unspecified atom stereocenters. The number of amides is 3. The molecule has 1 fully saturated rings. The van der Waals surface area contributed by atoms with Gasteiger partial charge in [-0.05, 0) is 19.3 Å². The van der Waals surface area contributed by atoms with Crippen molar-refractivity contribution in [2.75, 3.05) is 40.8 Å². The Balaban J connectivity index is 2.49. The van der Waals surface area contributed by atoms with Crippen LogP contribution in [-0.2, 0) is 9.59 Å². The molecule has 1 aliphatic rings. The third-order valence-corrected chi connectivity index (χ3v) is 3.68. The van der Waals surface area contributed by atoms with E-state index in [1.54, 1.807) is 30.9 Å². The van der Waals surface area contributed by atoms with Gasteiger partial charge in [0.15, 0.2) is 0 Å². The molecule has 0 aromatic rings. The predicted octanol–water partition coefficient (Wildman–Crippen LogP) is 0.703. The average Bonchev–Trinajstić information content (AvgIpc) is 2.45. The second-order valence-electron chi connectivity index (χ2n) is 5.72. The fourth-order valence-electron chi connectivity index (χ4n) is 2.52. The predicted molar refractivity (Wildman–Crippen MR) is 77.9 cm³/mol.